The second kappa shape index (κ2) is 6.31. The Kier molecular flexibility index (Phi) is 4.88. The fourth-order valence-electron chi connectivity index (χ4n) is 2.81. The molecular weight excluding hydrogens is 296 g/mol. The van der Waals surface area contributed by atoms with Crippen molar-refractivity contribution in [3.8, 4) is 0 Å². The van der Waals surface area contributed by atoms with Gasteiger partial charge < -0.3 is 10.0 Å². The summed E-state index contributed by atoms with van der Waals surface area (Å²) in [5.74, 6) is -1.38. The molecule has 0 aromatic carbocycles. The molecule has 1 atom stereocenters. The van der Waals surface area contributed by atoms with Crippen LogP contribution in [0.2, 0.25) is 0 Å². The van der Waals surface area contributed by atoms with Crippen LogP contribution in [0, 0.1) is 0 Å². The molecule has 1 saturated heterocycles. The minimum Gasteiger partial charge on any atom is -0.480 e. The van der Waals surface area contributed by atoms with Gasteiger partial charge in [0.05, 0.1) is 5.75 Å². The van der Waals surface area contributed by atoms with Crippen LogP contribution < -0.4 is 0 Å². The van der Waals surface area contributed by atoms with E-state index < -0.39 is 22.0 Å². The third-order valence-electron chi connectivity index (χ3n) is 3.88. The van der Waals surface area contributed by atoms with Crippen molar-refractivity contribution >= 4 is 21.9 Å². The number of carbonyl (C=O) groups is 2. The van der Waals surface area contributed by atoms with Gasteiger partial charge in [-0.05, 0) is 32.1 Å². The first-order valence-corrected chi connectivity index (χ1v) is 8.99. The Morgan fingerprint density at radius 2 is 1.95 bits per heavy atom. The predicted octanol–water partition coefficient (Wildman–Crippen LogP) is 0.266. The lowest BCUT2D eigenvalue weighted by molar-refractivity contribution is -0.146. The summed E-state index contributed by atoms with van der Waals surface area (Å²) in [5.41, 5.74) is 0. The van der Waals surface area contributed by atoms with Gasteiger partial charge in [0.1, 0.15) is 12.6 Å². The molecule has 1 heterocycles. The van der Waals surface area contributed by atoms with Gasteiger partial charge in [-0.15, -0.1) is 0 Å². The van der Waals surface area contributed by atoms with Crippen LogP contribution in [0.4, 0.5) is 0 Å². The van der Waals surface area contributed by atoms with Crippen molar-refractivity contribution in [3.05, 3.63) is 0 Å². The molecule has 0 radical (unpaired) electrons. The molecule has 1 saturated carbocycles. The summed E-state index contributed by atoms with van der Waals surface area (Å²) in [6, 6.07) is -0.758. The highest BCUT2D eigenvalue weighted by Gasteiger charge is 2.43. The van der Waals surface area contributed by atoms with E-state index in [0.29, 0.717) is 25.8 Å². The predicted molar refractivity (Wildman–Crippen MR) is 76.2 cm³/mol. The summed E-state index contributed by atoms with van der Waals surface area (Å²) in [6.07, 6.45) is 3.22. The van der Waals surface area contributed by atoms with Gasteiger partial charge in [-0.25, -0.2) is 8.42 Å². The lowest BCUT2D eigenvalue weighted by atomic mass is 10.2. The van der Waals surface area contributed by atoms with E-state index in [-0.39, 0.29) is 24.2 Å². The molecule has 0 aromatic heterocycles. The number of carboxylic acid groups (broad SMARTS) is 1. The minimum absolute atomic E-state index is 0.0269. The first-order chi connectivity index (χ1) is 9.86. The van der Waals surface area contributed by atoms with Crippen molar-refractivity contribution in [3.63, 3.8) is 0 Å². The molecule has 0 spiro atoms. The van der Waals surface area contributed by atoms with Gasteiger partial charge in [0.25, 0.3) is 0 Å². The quantitative estimate of drug-likeness (QED) is 0.727. The first kappa shape index (κ1) is 16.2. The third kappa shape index (κ3) is 3.74. The minimum atomic E-state index is -3.43. The zero-order valence-corrected chi connectivity index (χ0v) is 13.0. The highest BCUT2D eigenvalue weighted by molar-refractivity contribution is 7.89. The maximum absolute atomic E-state index is 12.6. The summed E-state index contributed by atoms with van der Waals surface area (Å²) in [5, 5.41) is 8.94. The summed E-state index contributed by atoms with van der Waals surface area (Å²) >= 11 is 0. The van der Waals surface area contributed by atoms with Gasteiger partial charge in [0, 0.05) is 12.6 Å². The molecule has 21 heavy (non-hydrogen) atoms. The average molecular weight is 318 g/mol. The van der Waals surface area contributed by atoms with E-state index in [9.17, 15) is 18.0 Å². The molecule has 7 nitrogen and oxygen atoms in total. The fourth-order valence-corrected chi connectivity index (χ4v) is 4.55. The topological polar surface area (TPSA) is 95.0 Å². The van der Waals surface area contributed by atoms with Gasteiger partial charge in [-0.2, -0.15) is 4.31 Å². The van der Waals surface area contributed by atoms with Gasteiger partial charge in [0.15, 0.2) is 0 Å². The number of carbonyl (C=O) groups excluding carboxylic acids is 1. The number of hydrogen-bond donors (Lipinski definition) is 1. The van der Waals surface area contributed by atoms with Crippen molar-refractivity contribution in [2.75, 3.05) is 18.8 Å². The Balaban J connectivity index is 2.14. The fraction of sp³-hybridized carbons (Fsp3) is 0.846. The highest BCUT2D eigenvalue weighted by atomic mass is 32.2. The Morgan fingerprint density at radius 3 is 2.48 bits per heavy atom. The van der Waals surface area contributed by atoms with Crippen LogP contribution in [-0.4, -0.2) is 65.5 Å². The normalized spacial score (nSPS) is 23.2. The van der Waals surface area contributed by atoms with E-state index >= 15 is 0 Å². The van der Waals surface area contributed by atoms with Crippen LogP contribution in [0.15, 0.2) is 0 Å². The smallest absolute Gasteiger partial charge is 0.323 e. The monoisotopic (exact) mass is 318 g/mol. The van der Waals surface area contributed by atoms with Gasteiger partial charge in [0.2, 0.25) is 15.9 Å². The lowest BCUT2D eigenvalue weighted by Crippen LogP contribution is -2.50. The number of aliphatic carboxylic acids is 1. The second-order valence-corrected chi connectivity index (χ2v) is 7.72. The molecule has 2 fully saturated rings. The number of amides is 1. The van der Waals surface area contributed by atoms with Crippen molar-refractivity contribution < 1.29 is 23.1 Å². The zero-order valence-electron chi connectivity index (χ0n) is 12.2. The molecule has 1 N–H and O–H groups in total. The largest absolute Gasteiger partial charge is 0.480 e. The Hall–Kier alpha value is -1.15. The Bertz CT molecular complexity index is 515. The van der Waals surface area contributed by atoms with Crippen molar-refractivity contribution in [1.82, 2.24) is 9.21 Å². The standard InChI is InChI=1S/C13H22N2O5S/c1-2-8-21(19,20)15-7-3-4-11(15)13(18)14(9-12(16)17)10-5-6-10/h10-11H,2-9H2,1H3,(H,16,17). The van der Waals surface area contributed by atoms with E-state index in [0.717, 1.165) is 12.8 Å². The molecule has 120 valence electrons. The molecule has 2 rings (SSSR count). The molecule has 1 aliphatic heterocycles. The molecule has 1 amide bonds. The number of rotatable bonds is 7. The van der Waals surface area contributed by atoms with E-state index in [1.165, 1.54) is 9.21 Å². The Morgan fingerprint density at radius 1 is 1.29 bits per heavy atom. The third-order valence-corrected chi connectivity index (χ3v) is 5.96. The molecular formula is C13H22N2O5S. The summed E-state index contributed by atoms with van der Waals surface area (Å²) < 4.78 is 25.7. The van der Waals surface area contributed by atoms with Gasteiger partial charge in [-0.1, -0.05) is 6.92 Å². The Labute approximate surface area is 125 Å². The number of hydrogen-bond acceptors (Lipinski definition) is 4. The summed E-state index contributed by atoms with van der Waals surface area (Å²) in [7, 11) is -3.43. The van der Waals surface area contributed by atoms with Crippen LogP contribution in [0.25, 0.3) is 0 Å². The second-order valence-electron chi connectivity index (χ2n) is 5.68. The van der Waals surface area contributed by atoms with E-state index in [2.05, 4.69) is 0 Å². The van der Waals surface area contributed by atoms with Gasteiger partial charge in [-0.3, -0.25) is 9.59 Å². The van der Waals surface area contributed by atoms with Gasteiger partial charge >= 0.3 is 5.97 Å². The molecule has 1 unspecified atom stereocenters. The molecule has 0 bridgehead atoms. The van der Waals surface area contributed by atoms with E-state index in [1.807, 2.05) is 0 Å². The molecule has 0 aromatic rings. The number of nitrogens with zero attached hydrogens (tertiary/aromatic N) is 2. The van der Waals surface area contributed by atoms with E-state index in [1.54, 1.807) is 6.92 Å². The molecule has 2 aliphatic rings. The maximum atomic E-state index is 12.6. The first-order valence-electron chi connectivity index (χ1n) is 7.38. The van der Waals surface area contributed by atoms with Crippen LogP contribution in [0.1, 0.15) is 39.0 Å². The number of carboxylic acids is 1. The van der Waals surface area contributed by atoms with E-state index in [4.69, 9.17) is 5.11 Å². The highest BCUT2D eigenvalue weighted by Crippen LogP contribution is 2.30. The van der Waals surface area contributed by atoms with Crippen LogP contribution in [0.3, 0.4) is 0 Å². The number of sulfonamides is 1. The maximum Gasteiger partial charge on any atom is 0.323 e. The molecule has 8 heteroatoms. The van der Waals surface area contributed by atoms with Crippen molar-refractivity contribution in [1.29, 1.82) is 0 Å². The van der Waals surface area contributed by atoms with Crippen molar-refractivity contribution in [2.45, 2.75) is 51.1 Å². The lowest BCUT2D eigenvalue weighted by Gasteiger charge is -2.29. The summed E-state index contributed by atoms with van der Waals surface area (Å²) in [4.78, 5) is 24.8. The van der Waals surface area contributed by atoms with Crippen LogP contribution >= 0.6 is 0 Å². The van der Waals surface area contributed by atoms with Crippen LogP contribution in [-0.2, 0) is 19.6 Å². The zero-order chi connectivity index (χ0) is 15.6. The van der Waals surface area contributed by atoms with Crippen molar-refractivity contribution in [2.24, 2.45) is 0 Å². The summed E-state index contributed by atoms with van der Waals surface area (Å²) in [6.45, 7) is 1.79. The van der Waals surface area contributed by atoms with Crippen LogP contribution in [0.5, 0.6) is 0 Å². The average Bonchev–Trinajstić information content (AvgIpc) is 3.10. The SMILES string of the molecule is CCCS(=O)(=O)N1CCCC1C(=O)N(CC(=O)O)C1CC1. The molecule has 1 aliphatic carbocycles.